The summed E-state index contributed by atoms with van der Waals surface area (Å²) < 4.78 is 0. The molecule has 0 unspecified atom stereocenters. The summed E-state index contributed by atoms with van der Waals surface area (Å²) >= 11 is 0. The number of aryl methyl sites for hydroxylation is 13. The highest BCUT2D eigenvalue weighted by Crippen LogP contribution is 2.51. The number of benzene rings is 16. The number of nitrogens with zero attached hydrogens (tertiary/aromatic N) is 2. The van der Waals surface area contributed by atoms with Gasteiger partial charge >= 0.3 is 0 Å². The van der Waals surface area contributed by atoms with E-state index >= 15 is 0 Å². The smallest absolute Gasteiger partial charge is 0.0540 e. The van der Waals surface area contributed by atoms with Gasteiger partial charge in [0, 0.05) is 39.3 Å². The summed E-state index contributed by atoms with van der Waals surface area (Å²) in [6, 6.07) is 128. The van der Waals surface area contributed by atoms with E-state index in [4.69, 9.17) is 0 Å². The summed E-state index contributed by atoms with van der Waals surface area (Å²) in [5.41, 5.74) is 49.6. The molecule has 0 amide bonds. The highest BCUT2D eigenvalue weighted by molar-refractivity contribution is 5.94. The van der Waals surface area contributed by atoms with Gasteiger partial charge in [0.2, 0.25) is 0 Å². The van der Waals surface area contributed by atoms with Crippen molar-refractivity contribution in [1.82, 2.24) is 0 Å². The molecule has 1 aliphatic rings. The number of hydrogen-bond donors (Lipinski definition) is 0. The minimum absolute atomic E-state index is 0.157. The van der Waals surface area contributed by atoms with Crippen LogP contribution in [0.15, 0.2) is 334 Å². The fourth-order valence-corrected chi connectivity index (χ4v) is 18.8. The zero-order valence-corrected chi connectivity index (χ0v) is 69.5. The van der Waals surface area contributed by atoms with Gasteiger partial charge in [0.25, 0.3) is 0 Å². The number of anilines is 6. The van der Waals surface area contributed by atoms with E-state index in [1.165, 1.54) is 202 Å². The quantitative estimate of drug-likeness (QED) is 0.0845. The van der Waals surface area contributed by atoms with Crippen LogP contribution in [0.25, 0.3) is 111 Å². The van der Waals surface area contributed by atoms with Crippen LogP contribution in [0.1, 0.15) is 109 Å². The molecule has 16 aromatic carbocycles. The number of rotatable bonds is 18. The van der Waals surface area contributed by atoms with Crippen LogP contribution < -0.4 is 9.80 Å². The minimum atomic E-state index is -0.157. The first-order valence-electron chi connectivity index (χ1n) is 41.4. The zero-order valence-electron chi connectivity index (χ0n) is 69.5. The monoisotopic (exact) mass is 1500 g/mol. The van der Waals surface area contributed by atoms with Gasteiger partial charge in [0.05, 0.1) is 11.4 Å². The SMILES string of the molecule is Cc1cc(C)cc(-c2cccc(-c3cc(N(c4ccc(C)c(-c5cccc(-c6cc(C)cc(C)c6)c5)c4)c4ccccc4-c4ccc(C5(c6ccc(-c7ccccc7N(c7ccc(C)c(-c8cccc(-c9cc(C)cc(C)c9)c8)c7)c7ccc(C)c(-c8ccc(C)c(-c9cc(C)cc(C)c9)c8)c7)cc6)CCCC5)cc4)ccc3C)c2)c1. The minimum Gasteiger partial charge on any atom is -0.310 e. The summed E-state index contributed by atoms with van der Waals surface area (Å²) in [5, 5.41) is 0. The average Bonchev–Trinajstić information content (AvgIpc) is 1.23. The first-order valence-corrected chi connectivity index (χ1v) is 41.4. The first-order chi connectivity index (χ1) is 56.2. The van der Waals surface area contributed by atoms with Gasteiger partial charge in [-0.2, -0.15) is 0 Å². The Labute approximate surface area is 688 Å². The van der Waals surface area contributed by atoms with Crippen LogP contribution in [0.5, 0.6) is 0 Å². The summed E-state index contributed by atoms with van der Waals surface area (Å²) in [5.74, 6) is 0. The molecular weight excluding hydrogens is 1400 g/mol. The van der Waals surface area contributed by atoms with Crippen LogP contribution in [-0.2, 0) is 5.41 Å². The highest BCUT2D eigenvalue weighted by atomic mass is 15.2. The Morgan fingerprint density at radius 3 is 0.759 bits per heavy atom. The van der Waals surface area contributed by atoms with Crippen LogP contribution in [0.4, 0.5) is 34.1 Å². The van der Waals surface area contributed by atoms with Gasteiger partial charge in [-0.15, -0.1) is 0 Å². The van der Waals surface area contributed by atoms with Crippen LogP contribution in [0.2, 0.25) is 0 Å². The van der Waals surface area contributed by atoms with Gasteiger partial charge in [0.1, 0.15) is 0 Å². The molecule has 0 heterocycles. The molecule has 0 aliphatic heterocycles. The molecule has 1 fully saturated rings. The van der Waals surface area contributed by atoms with Crippen molar-refractivity contribution in [3.8, 4) is 111 Å². The van der Waals surface area contributed by atoms with E-state index in [1.54, 1.807) is 0 Å². The normalized spacial score (nSPS) is 12.5. The van der Waals surface area contributed by atoms with Crippen molar-refractivity contribution in [3.05, 3.63) is 417 Å². The average molecular weight is 1500 g/mol. The maximum atomic E-state index is 2.51. The van der Waals surface area contributed by atoms with Crippen LogP contribution in [0.3, 0.4) is 0 Å². The van der Waals surface area contributed by atoms with E-state index < -0.39 is 0 Å². The van der Waals surface area contributed by atoms with Gasteiger partial charge in [-0.3, -0.25) is 0 Å². The highest BCUT2D eigenvalue weighted by Gasteiger charge is 2.38. The molecule has 0 aromatic heterocycles. The zero-order chi connectivity index (χ0) is 80.0. The molecule has 0 saturated heterocycles. The predicted molar refractivity (Wildman–Crippen MR) is 497 cm³/mol. The molecule has 0 radical (unpaired) electrons. The largest absolute Gasteiger partial charge is 0.310 e. The number of para-hydroxylation sites is 2. The molecule has 2 heteroatoms. The van der Waals surface area contributed by atoms with Gasteiger partial charge in [-0.05, 0) is 327 Å². The van der Waals surface area contributed by atoms with E-state index in [1.807, 2.05) is 0 Å². The molecule has 0 bridgehead atoms. The molecule has 568 valence electrons. The Hall–Kier alpha value is -12.9. The lowest BCUT2D eigenvalue weighted by molar-refractivity contribution is 0.535. The third-order valence-corrected chi connectivity index (χ3v) is 24.4. The summed E-state index contributed by atoms with van der Waals surface area (Å²) in [6.45, 7) is 28.8. The van der Waals surface area contributed by atoms with Crippen molar-refractivity contribution >= 4 is 34.1 Å². The van der Waals surface area contributed by atoms with E-state index in [2.05, 4.69) is 433 Å². The van der Waals surface area contributed by atoms with Crippen LogP contribution >= 0.6 is 0 Å². The molecular formula is C114H102N2. The third-order valence-electron chi connectivity index (χ3n) is 24.4. The molecule has 1 aliphatic carbocycles. The van der Waals surface area contributed by atoms with E-state index in [0.29, 0.717) is 0 Å². The molecule has 0 atom stereocenters. The van der Waals surface area contributed by atoms with E-state index in [9.17, 15) is 0 Å². The number of hydrogen-bond acceptors (Lipinski definition) is 2. The van der Waals surface area contributed by atoms with E-state index in [0.717, 1.165) is 52.5 Å². The summed E-state index contributed by atoms with van der Waals surface area (Å²) in [7, 11) is 0. The fourth-order valence-electron chi connectivity index (χ4n) is 18.8. The Kier molecular flexibility index (Phi) is 20.8. The second kappa shape index (κ2) is 31.8. The maximum Gasteiger partial charge on any atom is 0.0540 e. The molecule has 116 heavy (non-hydrogen) atoms. The first kappa shape index (κ1) is 75.8. The molecule has 1 saturated carbocycles. The van der Waals surface area contributed by atoms with Crippen molar-refractivity contribution in [1.29, 1.82) is 0 Å². The van der Waals surface area contributed by atoms with Gasteiger partial charge < -0.3 is 9.80 Å². The van der Waals surface area contributed by atoms with Crippen molar-refractivity contribution in [3.63, 3.8) is 0 Å². The lowest BCUT2D eigenvalue weighted by Crippen LogP contribution is -2.23. The van der Waals surface area contributed by atoms with Crippen LogP contribution in [0, 0.1) is 90.0 Å². The maximum absolute atomic E-state index is 2.51. The van der Waals surface area contributed by atoms with E-state index in [-0.39, 0.29) is 5.41 Å². The topological polar surface area (TPSA) is 6.48 Å². The predicted octanol–water partition coefficient (Wildman–Crippen LogP) is 32.2. The third kappa shape index (κ3) is 15.3. The standard InChI is InChI=1S/C114H102N2/c1-73-53-74(2)58-95(57-73)88-23-20-26-91(65-88)108-69-101(47-34-82(108)10)115(102-48-35-83(11)109(70-102)92-27-21-24-89(66-92)96-59-75(3)54-76(4)60-96)112-31-16-14-29-105(112)86-39-43-99(44-40-86)114(51-18-19-52-114)100-45-41-87(42-46-100)106-30-15-17-32-113(106)116(103-49-36-84(12)110(71-103)93-28-22-25-90(67-93)97-61-77(5)55-78(6)62-97)104-50-37-85(13)111(72-104)94-38-33-81(9)107(68-94)98-63-79(7)56-80(8)64-98/h14-17,20-50,53-72H,18-19,51-52H2,1-13H3. The Morgan fingerprint density at radius 1 is 0.181 bits per heavy atom. The Morgan fingerprint density at radius 2 is 0.440 bits per heavy atom. The molecule has 0 N–H and O–H groups in total. The molecule has 17 rings (SSSR count). The van der Waals surface area contributed by atoms with Crippen molar-refractivity contribution in [2.45, 2.75) is 121 Å². The summed E-state index contributed by atoms with van der Waals surface area (Å²) in [6.07, 6.45) is 4.51. The van der Waals surface area contributed by atoms with Crippen molar-refractivity contribution < 1.29 is 0 Å². The fraction of sp³-hybridized carbons (Fsp3) is 0.158. The second-order valence-electron chi connectivity index (χ2n) is 33.4. The molecule has 2 nitrogen and oxygen atoms in total. The molecule has 0 spiro atoms. The lowest BCUT2D eigenvalue weighted by Gasteiger charge is -2.32. The van der Waals surface area contributed by atoms with Crippen LogP contribution in [-0.4, -0.2) is 0 Å². The van der Waals surface area contributed by atoms with Crippen molar-refractivity contribution in [2.75, 3.05) is 9.80 Å². The van der Waals surface area contributed by atoms with Gasteiger partial charge in [-0.25, -0.2) is 0 Å². The molecule has 16 aromatic rings. The Balaban J connectivity index is 0.744. The van der Waals surface area contributed by atoms with Gasteiger partial charge in [0.15, 0.2) is 0 Å². The van der Waals surface area contributed by atoms with Gasteiger partial charge in [-0.1, -0.05) is 306 Å². The Bertz CT molecular complexity index is 6210. The van der Waals surface area contributed by atoms with Crippen molar-refractivity contribution in [2.24, 2.45) is 0 Å². The lowest BCUT2D eigenvalue weighted by atomic mass is 9.72. The second-order valence-corrected chi connectivity index (χ2v) is 33.4. The summed E-state index contributed by atoms with van der Waals surface area (Å²) in [4.78, 5) is 5.02.